The minimum Gasteiger partial charge on any atom is -0.337 e. The lowest BCUT2D eigenvalue weighted by molar-refractivity contribution is 0.0791. The Bertz CT molecular complexity index is 425. The van der Waals surface area contributed by atoms with Crippen LogP contribution < -0.4 is 5.73 Å². The van der Waals surface area contributed by atoms with Gasteiger partial charge in [-0.1, -0.05) is 23.2 Å². The van der Waals surface area contributed by atoms with Crippen LogP contribution in [0.15, 0.2) is 18.2 Å². The minimum atomic E-state index is -0.0356. The minimum absolute atomic E-state index is 0. The molecule has 0 bridgehead atoms. The Morgan fingerprint density at radius 2 is 2.06 bits per heavy atom. The number of hydrogen-bond donors (Lipinski definition) is 1. The number of carbonyl (C=O) groups excluding carboxylic acids is 1. The summed E-state index contributed by atoms with van der Waals surface area (Å²) in [6.07, 6.45) is 0.854. The SMILES string of the molecule is Cl.N[C@@H]1CCN(C(=O)c2ccc(Cl)c(Cl)c2)C1. The molecule has 94 valence electrons. The normalized spacial score (nSPS) is 19.0. The van der Waals surface area contributed by atoms with Crippen molar-refractivity contribution in [1.29, 1.82) is 0 Å². The van der Waals surface area contributed by atoms with Crippen LogP contribution in [0.25, 0.3) is 0 Å². The highest BCUT2D eigenvalue weighted by atomic mass is 35.5. The van der Waals surface area contributed by atoms with E-state index < -0.39 is 0 Å². The van der Waals surface area contributed by atoms with Gasteiger partial charge in [-0.25, -0.2) is 0 Å². The number of likely N-dealkylation sites (tertiary alicyclic amines) is 1. The van der Waals surface area contributed by atoms with Gasteiger partial charge in [0.25, 0.3) is 5.91 Å². The molecule has 6 heteroatoms. The van der Waals surface area contributed by atoms with E-state index >= 15 is 0 Å². The fourth-order valence-electron chi connectivity index (χ4n) is 1.78. The van der Waals surface area contributed by atoms with Crippen molar-refractivity contribution in [2.75, 3.05) is 13.1 Å². The summed E-state index contributed by atoms with van der Waals surface area (Å²) in [4.78, 5) is 13.8. The topological polar surface area (TPSA) is 46.3 Å². The molecule has 1 aliphatic rings. The number of nitrogens with zero attached hydrogens (tertiary/aromatic N) is 1. The van der Waals surface area contributed by atoms with Gasteiger partial charge in [-0.2, -0.15) is 0 Å². The van der Waals surface area contributed by atoms with Gasteiger partial charge in [-0.3, -0.25) is 4.79 Å². The molecule has 0 radical (unpaired) electrons. The number of amides is 1. The second-order valence-corrected chi connectivity index (χ2v) is 4.74. The number of rotatable bonds is 1. The monoisotopic (exact) mass is 294 g/mol. The maximum Gasteiger partial charge on any atom is 0.253 e. The first-order valence-electron chi connectivity index (χ1n) is 5.08. The zero-order valence-electron chi connectivity index (χ0n) is 9.03. The Labute approximate surface area is 116 Å². The van der Waals surface area contributed by atoms with E-state index in [1.54, 1.807) is 23.1 Å². The van der Waals surface area contributed by atoms with Gasteiger partial charge in [0.15, 0.2) is 0 Å². The first-order valence-corrected chi connectivity index (χ1v) is 5.83. The van der Waals surface area contributed by atoms with Crippen molar-refractivity contribution in [2.45, 2.75) is 12.5 Å². The van der Waals surface area contributed by atoms with E-state index in [1.165, 1.54) is 0 Å². The van der Waals surface area contributed by atoms with Crippen LogP contribution in [0.5, 0.6) is 0 Å². The molecule has 1 aromatic carbocycles. The lowest BCUT2D eigenvalue weighted by Gasteiger charge is -2.15. The molecule has 1 saturated heterocycles. The predicted molar refractivity (Wildman–Crippen MR) is 72.2 cm³/mol. The van der Waals surface area contributed by atoms with Crippen LogP contribution in [0.3, 0.4) is 0 Å². The Morgan fingerprint density at radius 1 is 1.35 bits per heavy atom. The summed E-state index contributed by atoms with van der Waals surface area (Å²) in [6.45, 7) is 1.32. The molecule has 1 atom stereocenters. The first kappa shape index (κ1) is 14.6. The molecule has 17 heavy (non-hydrogen) atoms. The molecule has 0 spiro atoms. The molecule has 1 aliphatic heterocycles. The first-order chi connectivity index (χ1) is 7.58. The molecule has 0 aromatic heterocycles. The molecular weight excluding hydrogens is 282 g/mol. The Hall–Kier alpha value is -0.480. The van der Waals surface area contributed by atoms with E-state index in [-0.39, 0.29) is 24.4 Å². The van der Waals surface area contributed by atoms with E-state index in [0.29, 0.717) is 28.7 Å². The summed E-state index contributed by atoms with van der Waals surface area (Å²) < 4.78 is 0. The van der Waals surface area contributed by atoms with E-state index in [0.717, 1.165) is 6.42 Å². The Kier molecular flexibility index (Phi) is 5.07. The fraction of sp³-hybridized carbons (Fsp3) is 0.364. The maximum atomic E-state index is 12.0. The summed E-state index contributed by atoms with van der Waals surface area (Å²) in [5, 5.41) is 0.854. The van der Waals surface area contributed by atoms with Crippen LogP contribution in [0, 0.1) is 0 Å². The molecule has 3 nitrogen and oxygen atoms in total. The smallest absolute Gasteiger partial charge is 0.253 e. The van der Waals surface area contributed by atoms with Crippen molar-refractivity contribution in [3.05, 3.63) is 33.8 Å². The average Bonchev–Trinajstić information content (AvgIpc) is 2.68. The summed E-state index contributed by atoms with van der Waals surface area (Å²) >= 11 is 11.7. The number of benzene rings is 1. The molecule has 2 N–H and O–H groups in total. The third-order valence-corrected chi connectivity index (χ3v) is 3.42. The van der Waals surface area contributed by atoms with Crippen LogP contribution in [-0.4, -0.2) is 29.9 Å². The van der Waals surface area contributed by atoms with Crippen molar-refractivity contribution >= 4 is 41.5 Å². The zero-order valence-corrected chi connectivity index (χ0v) is 11.4. The van der Waals surface area contributed by atoms with Gasteiger partial charge in [-0.15, -0.1) is 12.4 Å². The summed E-state index contributed by atoms with van der Waals surface area (Å²) in [5.74, 6) is -0.0356. The maximum absolute atomic E-state index is 12.0. The summed E-state index contributed by atoms with van der Waals surface area (Å²) in [5.41, 5.74) is 6.31. The second kappa shape index (κ2) is 5.91. The molecule has 1 heterocycles. The number of hydrogen-bond acceptors (Lipinski definition) is 2. The van der Waals surface area contributed by atoms with E-state index in [9.17, 15) is 4.79 Å². The standard InChI is InChI=1S/C11H12Cl2N2O.ClH/c12-9-2-1-7(5-10(9)13)11(16)15-4-3-8(14)6-15;/h1-2,5,8H,3-4,6,14H2;1H/t8-;/m1./s1. The Morgan fingerprint density at radius 3 is 2.59 bits per heavy atom. The van der Waals surface area contributed by atoms with Gasteiger partial charge < -0.3 is 10.6 Å². The van der Waals surface area contributed by atoms with Gasteiger partial charge in [0.2, 0.25) is 0 Å². The summed E-state index contributed by atoms with van der Waals surface area (Å²) in [7, 11) is 0. The zero-order chi connectivity index (χ0) is 11.7. The van der Waals surface area contributed by atoms with Crippen LogP contribution in [-0.2, 0) is 0 Å². The predicted octanol–water partition coefficient (Wildman–Crippen LogP) is 2.59. The largest absolute Gasteiger partial charge is 0.337 e. The van der Waals surface area contributed by atoms with Crippen LogP contribution >= 0.6 is 35.6 Å². The third kappa shape index (κ3) is 3.26. The molecular formula is C11H13Cl3N2O. The van der Waals surface area contributed by atoms with Gasteiger partial charge in [0.1, 0.15) is 0 Å². The van der Waals surface area contributed by atoms with Gasteiger partial charge in [-0.05, 0) is 24.6 Å². The lowest BCUT2D eigenvalue weighted by Crippen LogP contribution is -2.31. The average molecular weight is 296 g/mol. The highest BCUT2D eigenvalue weighted by Crippen LogP contribution is 2.23. The van der Waals surface area contributed by atoms with Crippen molar-refractivity contribution in [3.63, 3.8) is 0 Å². The Balaban J connectivity index is 0.00000144. The molecule has 0 aliphatic carbocycles. The highest BCUT2D eigenvalue weighted by Gasteiger charge is 2.24. The number of halogens is 3. The van der Waals surface area contributed by atoms with Crippen LogP contribution in [0.1, 0.15) is 16.8 Å². The van der Waals surface area contributed by atoms with Crippen molar-refractivity contribution in [1.82, 2.24) is 4.90 Å². The summed E-state index contributed by atoms with van der Waals surface area (Å²) in [6, 6.07) is 5.00. The van der Waals surface area contributed by atoms with Crippen LogP contribution in [0.4, 0.5) is 0 Å². The molecule has 1 amide bonds. The van der Waals surface area contributed by atoms with E-state index in [2.05, 4.69) is 0 Å². The van der Waals surface area contributed by atoms with Gasteiger partial charge in [0, 0.05) is 24.7 Å². The molecule has 1 fully saturated rings. The quantitative estimate of drug-likeness (QED) is 0.865. The van der Waals surface area contributed by atoms with Crippen molar-refractivity contribution in [3.8, 4) is 0 Å². The highest BCUT2D eigenvalue weighted by molar-refractivity contribution is 6.42. The second-order valence-electron chi connectivity index (χ2n) is 3.93. The van der Waals surface area contributed by atoms with Crippen molar-refractivity contribution < 1.29 is 4.79 Å². The molecule has 0 unspecified atom stereocenters. The third-order valence-electron chi connectivity index (χ3n) is 2.68. The van der Waals surface area contributed by atoms with Crippen molar-refractivity contribution in [2.24, 2.45) is 5.73 Å². The molecule has 0 saturated carbocycles. The van der Waals surface area contributed by atoms with Gasteiger partial charge >= 0.3 is 0 Å². The van der Waals surface area contributed by atoms with E-state index in [1.807, 2.05) is 0 Å². The van der Waals surface area contributed by atoms with E-state index in [4.69, 9.17) is 28.9 Å². The number of nitrogens with two attached hydrogens (primary N) is 1. The lowest BCUT2D eigenvalue weighted by atomic mass is 10.2. The molecule has 1 aromatic rings. The molecule has 2 rings (SSSR count). The van der Waals surface area contributed by atoms with Crippen LogP contribution in [0.2, 0.25) is 10.0 Å². The number of carbonyl (C=O) groups is 1. The van der Waals surface area contributed by atoms with Gasteiger partial charge in [0.05, 0.1) is 10.0 Å². The fourth-order valence-corrected chi connectivity index (χ4v) is 2.08.